The number of hydrogen-bond acceptors (Lipinski definition) is 2. The zero-order valence-electron chi connectivity index (χ0n) is 13.0. The Morgan fingerprint density at radius 1 is 1.10 bits per heavy atom. The average molecular weight is 275 g/mol. The van der Waals surface area contributed by atoms with Crippen molar-refractivity contribution in [2.45, 2.75) is 58.1 Å². The summed E-state index contributed by atoms with van der Waals surface area (Å²) in [6, 6.07) is 11.1. The van der Waals surface area contributed by atoms with Crippen molar-refractivity contribution in [3.63, 3.8) is 0 Å². The van der Waals surface area contributed by atoms with Crippen LogP contribution in [0.4, 0.5) is 0 Å². The van der Waals surface area contributed by atoms with Crippen LogP contribution in [0.15, 0.2) is 30.3 Å². The van der Waals surface area contributed by atoms with Gasteiger partial charge in [-0.05, 0) is 24.3 Å². The first-order chi connectivity index (χ1) is 9.77. The van der Waals surface area contributed by atoms with E-state index in [9.17, 15) is 0 Å². The molecule has 0 aromatic heterocycles. The molecule has 1 atom stereocenters. The Hall–Kier alpha value is -0.860. The van der Waals surface area contributed by atoms with Gasteiger partial charge in [-0.3, -0.25) is 0 Å². The van der Waals surface area contributed by atoms with Crippen LogP contribution in [0.3, 0.4) is 0 Å². The molecule has 20 heavy (non-hydrogen) atoms. The van der Waals surface area contributed by atoms with Crippen LogP contribution in [-0.2, 0) is 4.74 Å². The van der Waals surface area contributed by atoms with Crippen molar-refractivity contribution in [2.24, 2.45) is 5.92 Å². The van der Waals surface area contributed by atoms with E-state index in [-0.39, 0.29) is 0 Å². The summed E-state index contributed by atoms with van der Waals surface area (Å²) in [7, 11) is 0. The first-order valence-corrected chi connectivity index (χ1v) is 8.17. The number of nitrogens with one attached hydrogen (secondary N) is 1. The molecule has 0 bridgehead atoms. The smallest absolute Gasteiger partial charge is 0.0594 e. The lowest BCUT2D eigenvalue weighted by Gasteiger charge is -2.25. The fourth-order valence-corrected chi connectivity index (χ4v) is 3.07. The molecule has 2 heteroatoms. The summed E-state index contributed by atoms with van der Waals surface area (Å²) in [6.45, 7) is 6.31. The Morgan fingerprint density at radius 2 is 1.80 bits per heavy atom. The molecule has 0 saturated heterocycles. The van der Waals surface area contributed by atoms with Crippen molar-refractivity contribution in [1.82, 2.24) is 5.32 Å². The minimum absolute atomic E-state index is 0.422. The zero-order valence-corrected chi connectivity index (χ0v) is 13.0. The van der Waals surface area contributed by atoms with Gasteiger partial charge in [-0.1, -0.05) is 63.4 Å². The molecule has 1 aliphatic carbocycles. The lowest BCUT2D eigenvalue weighted by molar-refractivity contribution is 0.0288. The largest absolute Gasteiger partial charge is 0.377 e. The van der Waals surface area contributed by atoms with Crippen molar-refractivity contribution in [3.8, 4) is 0 Å². The van der Waals surface area contributed by atoms with Crippen LogP contribution in [0.25, 0.3) is 0 Å². The molecule has 0 amide bonds. The predicted molar refractivity (Wildman–Crippen MR) is 84.8 cm³/mol. The Balaban J connectivity index is 1.72. The molecule has 0 radical (unpaired) electrons. The van der Waals surface area contributed by atoms with Gasteiger partial charge in [-0.15, -0.1) is 0 Å². The standard InChI is InChI=1S/C18H29NO/c1-15(2)18(16-9-5-3-6-10-16)19-13-14-20-17-11-7-4-8-12-17/h3,5-6,9-10,15,17-19H,4,7-8,11-14H2,1-2H3. The van der Waals surface area contributed by atoms with Crippen LogP contribution in [0.5, 0.6) is 0 Å². The Labute approximate surface area is 123 Å². The van der Waals surface area contributed by atoms with Gasteiger partial charge in [0.05, 0.1) is 12.7 Å². The normalized spacial score (nSPS) is 18.4. The van der Waals surface area contributed by atoms with Gasteiger partial charge in [0.1, 0.15) is 0 Å². The molecule has 2 rings (SSSR count). The number of ether oxygens (including phenoxy) is 1. The summed E-state index contributed by atoms with van der Waals surface area (Å²) in [6.07, 6.45) is 7.10. The van der Waals surface area contributed by atoms with Gasteiger partial charge in [0.25, 0.3) is 0 Å². The van der Waals surface area contributed by atoms with Crippen LogP contribution >= 0.6 is 0 Å². The topological polar surface area (TPSA) is 21.3 Å². The van der Waals surface area contributed by atoms with Crippen molar-refractivity contribution in [2.75, 3.05) is 13.2 Å². The Kier molecular flexibility index (Phi) is 6.55. The lowest BCUT2D eigenvalue weighted by atomic mass is 9.96. The summed E-state index contributed by atoms with van der Waals surface area (Å²) in [5.41, 5.74) is 1.38. The molecular formula is C18H29NO. The van der Waals surface area contributed by atoms with Crippen molar-refractivity contribution < 1.29 is 4.74 Å². The molecule has 1 aromatic rings. The van der Waals surface area contributed by atoms with Crippen molar-refractivity contribution in [3.05, 3.63) is 35.9 Å². The highest BCUT2D eigenvalue weighted by molar-refractivity contribution is 5.19. The highest BCUT2D eigenvalue weighted by Gasteiger charge is 2.16. The maximum Gasteiger partial charge on any atom is 0.0594 e. The Morgan fingerprint density at radius 3 is 2.45 bits per heavy atom. The molecule has 1 fully saturated rings. The highest BCUT2D eigenvalue weighted by Crippen LogP contribution is 2.22. The van der Waals surface area contributed by atoms with Crippen LogP contribution < -0.4 is 5.32 Å². The first-order valence-electron chi connectivity index (χ1n) is 8.17. The Bertz CT molecular complexity index is 357. The molecule has 1 saturated carbocycles. The SMILES string of the molecule is CC(C)C(NCCOC1CCCCC1)c1ccccc1. The second kappa shape index (κ2) is 8.43. The molecule has 1 unspecified atom stereocenters. The van der Waals surface area contributed by atoms with Crippen LogP contribution in [-0.4, -0.2) is 19.3 Å². The predicted octanol–water partition coefficient (Wildman–Crippen LogP) is 4.32. The van der Waals surface area contributed by atoms with E-state index in [4.69, 9.17) is 4.74 Å². The van der Waals surface area contributed by atoms with E-state index >= 15 is 0 Å². The maximum atomic E-state index is 5.99. The van der Waals surface area contributed by atoms with E-state index < -0.39 is 0 Å². The second-order valence-corrected chi connectivity index (χ2v) is 6.22. The van der Waals surface area contributed by atoms with Crippen molar-refractivity contribution in [1.29, 1.82) is 0 Å². The second-order valence-electron chi connectivity index (χ2n) is 6.22. The average Bonchev–Trinajstić information content (AvgIpc) is 2.49. The molecule has 112 valence electrons. The minimum atomic E-state index is 0.422. The minimum Gasteiger partial charge on any atom is -0.377 e. The fourth-order valence-electron chi connectivity index (χ4n) is 3.07. The van der Waals surface area contributed by atoms with Crippen molar-refractivity contribution >= 4 is 0 Å². The summed E-state index contributed by atoms with van der Waals surface area (Å²) in [5, 5.41) is 3.65. The molecule has 1 aliphatic rings. The van der Waals surface area contributed by atoms with Gasteiger partial charge >= 0.3 is 0 Å². The van der Waals surface area contributed by atoms with E-state index in [1.54, 1.807) is 0 Å². The molecule has 0 spiro atoms. The zero-order chi connectivity index (χ0) is 14.2. The molecule has 0 heterocycles. The van der Waals surface area contributed by atoms with E-state index in [2.05, 4.69) is 49.5 Å². The van der Waals surface area contributed by atoms with Gasteiger partial charge in [-0.2, -0.15) is 0 Å². The van der Waals surface area contributed by atoms with Gasteiger partial charge in [0.2, 0.25) is 0 Å². The summed E-state index contributed by atoms with van der Waals surface area (Å²) in [4.78, 5) is 0. The lowest BCUT2D eigenvalue weighted by Crippen LogP contribution is -2.30. The summed E-state index contributed by atoms with van der Waals surface area (Å²) in [5.74, 6) is 0.590. The number of rotatable bonds is 7. The van der Waals surface area contributed by atoms with E-state index in [1.165, 1.54) is 37.7 Å². The molecule has 1 N–H and O–H groups in total. The van der Waals surface area contributed by atoms with E-state index in [1.807, 2.05) is 0 Å². The number of benzene rings is 1. The molecule has 2 nitrogen and oxygen atoms in total. The van der Waals surface area contributed by atoms with Gasteiger partial charge in [-0.25, -0.2) is 0 Å². The van der Waals surface area contributed by atoms with Gasteiger partial charge < -0.3 is 10.1 Å². The quantitative estimate of drug-likeness (QED) is 0.748. The van der Waals surface area contributed by atoms with Gasteiger partial charge in [0.15, 0.2) is 0 Å². The highest BCUT2D eigenvalue weighted by atomic mass is 16.5. The summed E-state index contributed by atoms with van der Waals surface area (Å²) < 4.78 is 5.99. The molecule has 1 aromatic carbocycles. The van der Waals surface area contributed by atoms with Gasteiger partial charge in [0, 0.05) is 12.6 Å². The third-order valence-electron chi connectivity index (χ3n) is 4.20. The van der Waals surface area contributed by atoms with E-state index in [0.717, 1.165) is 13.2 Å². The summed E-state index contributed by atoms with van der Waals surface area (Å²) >= 11 is 0. The maximum absolute atomic E-state index is 5.99. The monoisotopic (exact) mass is 275 g/mol. The van der Waals surface area contributed by atoms with Crippen LogP contribution in [0.1, 0.15) is 57.6 Å². The van der Waals surface area contributed by atoms with Crippen LogP contribution in [0.2, 0.25) is 0 Å². The molecule has 0 aliphatic heterocycles. The first kappa shape index (κ1) is 15.5. The van der Waals surface area contributed by atoms with E-state index in [0.29, 0.717) is 18.1 Å². The third-order valence-corrected chi connectivity index (χ3v) is 4.20. The third kappa shape index (κ3) is 4.92. The van der Waals surface area contributed by atoms with Crippen LogP contribution in [0, 0.1) is 5.92 Å². The number of hydrogen-bond donors (Lipinski definition) is 1. The molecular weight excluding hydrogens is 246 g/mol. The fraction of sp³-hybridized carbons (Fsp3) is 0.667.